The van der Waals surface area contributed by atoms with Gasteiger partial charge in [0.25, 0.3) is 5.89 Å². The summed E-state index contributed by atoms with van der Waals surface area (Å²) in [5.41, 5.74) is 1.11. The molecule has 4 heterocycles. The Morgan fingerprint density at radius 2 is 2.10 bits per heavy atom. The normalized spacial score (nSPS) is 24.7. The lowest BCUT2D eigenvalue weighted by Gasteiger charge is -2.33. The second-order valence-corrected chi connectivity index (χ2v) is 7.99. The highest BCUT2D eigenvalue weighted by molar-refractivity contribution is 7.09. The molecular formula is C17H21F3N4O4S. The predicted molar refractivity (Wildman–Crippen MR) is 95.2 cm³/mol. The van der Waals surface area contributed by atoms with Gasteiger partial charge in [0.05, 0.1) is 12.6 Å². The lowest BCUT2D eigenvalue weighted by molar-refractivity contribution is -0.192. The van der Waals surface area contributed by atoms with Crippen LogP contribution in [-0.4, -0.2) is 56.5 Å². The SMILES string of the molecule is Cc1csc(CN2CC[C@H]3C[C@H](c4nc(C)no4)O[C@@H]3C2)n1.O=C(O)C(F)(F)F. The first-order valence-electron chi connectivity index (χ1n) is 9.01. The Morgan fingerprint density at radius 3 is 2.66 bits per heavy atom. The maximum atomic E-state index is 10.6. The summed E-state index contributed by atoms with van der Waals surface area (Å²) in [6, 6.07) is 0. The molecule has 12 heteroatoms. The fourth-order valence-corrected chi connectivity index (χ4v) is 4.22. The number of hydrogen-bond donors (Lipinski definition) is 1. The molecular weight excluding hydrogens is 413 g/mol. The average molecular weight is 434 g/mol. The summed E-state index contributed by atoms with van der Waals surface area (Å²) in [5.74, 6) is -0.845. The van der Waals surface area contributed by atoms with Crippen LogP contribution >= 0.6 is 11.3 Å². The predicted octanol–water partition coefficient (Wildman–Crippen LogP) is 3.13. The first kappa shape index (κ1) is 21.7. The van der Waals surface area contributed by atoms with E-state index in [1.54, 1.807) is 11.3 Å². The standard InChI is InChI=1S/C15H20N4O2S.C2HF3O2/c1-9-8-22-14(16-9)7-19-4-3-11-5-12(20-13(11)6-19)15-17-10(2)18-21-15;3-2(4,5)1(6)7/h8,11-13H,3-7H2,1-2H3;(H,6,7)/t11-,12+,13+;/m0./s1. The van der Waals surface area contributed by atoms with Crippen molar-refractivity contribution in [2.45, 2.75) is 51.6 Å². The van der Waals surface area contributed by atoms with Crippen molar-refractivity contribution < 1.29 is 32.3 Å². The highest BCUT2D eigenvalue weighted by Gasteiger charge is 2.41. The number of nitrogens with zero attached hydrogens (tertiary/aromatic N) is 4. The van der Waals surface area contributed by atoms with Crippen molar-refractivity contribution >= 4 is 17.3 Å². The number of aromatic nitrogens is 3. The number of piperidine rings is 1. The van der Waals surface area contributed by atoms with Gasteiger partial charge in [-0.15, -0.1) is 11.3 Å². The number of halogens is 3. The van der Waals surface area contributed by atoms with Crippen LogP contribution in [0, 0.1) is 19.8 Å². The van der Waals surface area contributed by atoms with Crippen LogP contribution in [0.5, 0.6) is 0 Å². The van der Waals surface area contributed by atoms with Gasteiger partial charge in [-0.2, -0.15) is 18.2 Å². The largest absolute Gasteiger partial charge is 0.490 e. The molecule has 0 aromatic carbocycles. The van der Waals surface area contributed by atoms with Crippen molar-refractivity contribution in [3.05, 3.63) is 27.8 Å². The van der Waals surface area contributed by atoms with Crippen molar-refractivity contribution in [1.29, 1.82) is 0 Å². The summed E-state index contributed by atoms with van der Waals surface area (Å²) in [5, 5.41) is 14.3. The van der Waals surface area contributed by atoms with Crippen LogP contribution < -0.4 is 0 Å². The molecule has 8 nitrogen and oxygen atoms in total. The first-order chi connectivity index (χ1) is 13.6. The van der Waals surface area contributed by atoms with E-state index in [0.717, 1.165) is 31.7 Å². The number of aryl methyl sites for hydroxylation is 2. The number of fused-ring (bicyclic) bond motifs is 1. The lowest BCUT2D eigenvalue weighted by Crippen LogP contribution is -2.41. The summed E-state index contributed by atoms with van der Waals surface area (Å²) in [6.45, 7) is 6.89. The molecule has 0 unspecified atom stereocenters. The molecule has 0 aliphatic carbocycles. The number of alkyl halides is 3. The zero-order chi connectivity index (χ0) is 21.2. The number of ether oxygens (including phenoxy) is 1. The number of thiazole rings is 1. The smallest absolute Gasteiger partial charge is 0.475 e. The van der Waals surface area contributed by atoms with Crippen LogP contribution in [0.25, 0.3) is 0 Å². The lowest BCUT2D eigenvalue weighted by atomic mass is 9.92. The molecule has 2 saturated heterocycles. The van der Waals surface area contributed by atoms with Gasteiger partial charge in [0.1, 0.15) is 11.1 Å². The molecule has 0 saturated carbocycles. The van der Waals surface area contributed by atoms with E-state index in [2.05, 4.69) is 25.4 Å². The van der Waals surface area contributed by atoms with Crippen LogP contribution in [0.4, 0.5) is 13.2 Å². The molecule has 0 bridgehead atoms. The average Bonchev–Trinajstić information content (AvgIpc) is 3.34. The van der Waals surface area contributed by atoms with Gasteiger partial charge in [-0.1, -0.05) is 5.16 Å². The molecule has 0 amide bonds. The number of likely N-dealkylation sites (tertiary alicyclic amines) is 1. The highest BCUT2D eigenvalue weighted by atomic mass is 32.1. The van der Waals surface area contributed by atoms with Crippen molar-refractivity contribution in [2.24, 2.45) is 5.92 Å². The van der Waals surface area contributed by atoms with Crippen LogP contribution in [0.15, 0.2) is 9.90 Å². The van der Waals surface area contributed by atoms with Crippen LogP contribution in [0.3, 0.4) is 0 Å². The monoisotopic (exact) mass is 434 g/mol. The maximum absolute atomic E-state index is 10.6. The highest BCUT2D eigenvalue weighted by Crippen LogP contribution is 2.40. The van der Waals surface area contributed by atoms with Crippen molar-refractivity contribution in [3.8, 4) is 0 Å². The first-order valence-corrected chi connectivity index (χ1v) is 9.89. The fraction of sp³-hybridized carbons (Fsp3) is 0.647. The third-order valence-electron chi connectivity index (χ3n) is 4.72. The van der Waals surface area contributed by atoms with Crippen LogP contribution in [0.1, 0.15) is 41.4 Å². The topological polar surface area (TPSA) is 102 Å². The van der Waals surface area contributed by atoms with E-state index in [0.29, 0.717) is 17.6 Å². The molecule has 0 spiro atoms. The van der Waals surface area contributed by atoms with Gasteiger partial charge < -0.3 is 14.4 Å². The third-order valence-corrected chi connectivity index (χ3v) is 5.67. The molecule has 160 valence electrons. The summed E-state index contributed by atoms with van der Waals surface area (Å²) in [6.07, 6.45) is -2.68. The summed E-state index contributed by atoms with van der Waals surface area (Å²) in [4.78, 5) is 20.2. The Morgan fingerprint density at radius 1 is 1.38 bits per heavy atom. The minimum Gasteiger partial charge on any atom is -0.475 e. The van der Waals surface area contributed by atoms with Gasteiger partial charge in [0.15, 0.2) is 5.82 Å². The Kier molecular flexibility index (Phi) is 6.54. The Labute approximate surface area is 168 Å². The van der Waals surface area contributed by atoms with E-state index in [-0.39, 0.29) is 12.2 Å². The molecule has 1 N–H and O–H groups in total. The van der Waals surface area contributed by atoms with E-state index >= 15 is 0 Å². The number of aliphatic carboxylic acids is 1. The minimum absolute atomic E-state index is 0.0294. The molecule has 2 aromatic heterocycles. The van der Waals surface area contributed by atoms with Gasteiger partial charge in [0, 0.05) is 17.6 Å². The second-order valence-electron chi connectivity index (χ2n) is 7.05. The molecule has 2 fully saturated rings. The quantitative estimate of drug-likeness (QED) is 0.786. The third kappa shape index (κ3) is 5.73. The summed E-state index contributed by atoms with van der Waals surface area (Å²) in [7, 11) is 0. The summed E-state index contributed by atoms with van der Waals surface area (Å²) >= 11 is 1.74. The minimum atomic E-state index is -5.08. The van der Waals surface area contributed by atoms with E-state index in [9.17, 15) is 13.2 Å². The molecule has 2 aliphatic rings. The Bertz CT molecular complexity index is 841. The summed E-state index contributed by atoms with van der Waals surface area (Å²) < 4.78 is 43.2. The van der Waals surface area contributed by atoms with Gasteiger partial charge >= 0.3 is 12.1 Å². The van der Waals surface area contributed by atoms with Gasteiger partial charge in [-0.25, -0.2) is 9.78 Å². The number of carboxylic acid groups (broad SMARTS) is 1. The molecule has 2 aromatic rings. The van der Waals surface area contributed by atoms with Crippen LogP contribution in [-0.2, 0) is 16.1 Å². The number of rotatable bonds is 3. The van der Waals surface area contributed by atoms with E-state index in [4.69, 9.17) is 19.2 Å². The molecule has 0 radical (unpaired) electrons. The number of hydrogen-bond acceptors (Lipinski definition) is 8. The molecule has 29 heavy (non-hydrogen) atoms. The second kappa shape index (κ2) is 8.76. The zero-order valence-electron chi connectivity index (χ0n) is 15.8. The maximum Gasteiger partial charge on any atom is 0.490 e. The van der Waals surface area contributed by atoms with Gasteiger partial charge in [-0.3, -0.25) is 4.90 Å². The van der Waals surface area contributed by atoms with E-state index < -0.39 is 12.1 Å². The molecule has 2 aliphatic heterocycles. The van der Waals surface area contributed by atoms with E-state index in [1.165, 1.54) is 11.4 Å². The Balaban J connectivity index is 0.000000298. The van der Waals surface area contributed by atoms with Crippen molar-refractivity contribution in [2.75, 3.05) is 13.1 Å². The molecule has 4 rings (SSSR count). The van der Waals surface area contributed by atoms with Crippen LogP contribution in [0.2, 0.25) is 0 Å². The van der Waals surface area contributed by atoms with Crippen molar-refractivity contribution in [1.82, 2.24) is 20.0 Å². The molecule has 3 atom stereocenters. The zero-order valence-corrected chi connectivity index (χ0v) is 16.7. The van der Waals surface area contributed by atoms with Gasteiger partial charge in [-0.05, 0) is 39.2 Å². The van der Waals surface area contributed by atoms with Gasteiger partial charge in [0.2, 0.25) is 0 Å². The van der Waals surface area contributed by atoms with Crippen molar-refractivity contribution in [3.63, 3.8) is 0 Å². The number of carboxylic acids is 1. The number of carbonyl (C=O) groups is 1. The Hall–Kier alpha value is -2.05. The van der Waals surface area contributed by atoms with E-state index in [1.807, 2.05) is 13.8 Å². The fourth-order valence-electron chi connectivity index (χ4n) is 3.41.